The summed E-state index contributed by atoms with van der Waals surface area (Å²) in [6, 6.07) is 18.7. The van der Waals surface area contributed by atoms with Crippen LogP contribution in [0.2, 0.25) is 0 Å². The predicted molar refractivity (Wildman–Crippen MR) is 207 cm³/mol. The Kier molecular flexibility index (Phi) is 10.1. The zero-order valence-electron chi connectivity index (χ0n) is 28.8. The van der Waals surface area contributed by atoms with E-state index < -0.39 is 67.5 Å². The third-order valence-corrected chi connectivity index (χ3v) is 13.0. The summed E-state index contributed by atoms with van der Waals surface area (Å²) in [4.78, 5) is 10.8. The number of amides is 2. The molecule has 0 aromatic heterocycles. The number of carbonyl (C=O) groups is 1. The normalized spacial score (nSPS) is 12.4. The van der Waals surface area contributed by atoms with Crippen molar-refractivity contribution in [2.24, 2.45) is 0 Å². The molecule has 21 heteroatoms. The average Bonchev–Trinajstić information content (AvgIpc) is 3.09. The first-order valence-corrected chi connectivity index (χ1v) is 21.7. The Morgan fingerprint density at radius 2 is 0.875 bits per heavy atom. The molecule has 56 heavy (non-hydrogen) atoms. The van der Waals surface area contributed by atoms with Gasteiger partial charge < -0.3 is 20.8 Å². The number of nitrogens with one attached hydrogen (secondary N) is 4. The lowest BCUT2D eigenvalue weighted by molar-refractivity contribution is 0.262. The van der Waals surface area contributed by atoms with Crippen LogP contribution >= 0.6 is 0 Å². The molecule has 0 saturated heterocycles. The van der Waals surface area contributed by atoms with Gasteiger partial charge in [0.1, 0.15) is 21.3 Å². The topological polar surface area (TPSA) is 283 Å². The standard InChI is InChI=1S/C35H30N4O13S4/c1-19-17-21(53(43,44)38-33-25-5-3-7-29(40)23(25)11-15-31(33)55(47,48)49)9-13-27(19)36-35(42)37-28-14-10-22(18-20(28)2)54(45,46)39-34-26-6-4-8-30(41)24(26)12-16-32(34)56(50,51)52/h3-18,38-41H,1-2H3,(H2,36,37,42)(H,47,48,49)(H,50,51,52). The third kappa shape index (κ3) is 7.89. The van der Waals surface area contributed by atoms with Gasteiger partial charge in [-0.1, -0.05) is 24.3 Å². The second kappa shape index (κ2) is 14.3. The summed E-state index contributed by atoms with van der Waals surface area (Å²) in [7, 11) is -18.9. The fraction of sp³-hybridized carbons (Fsp3) is 0.0571. The van der Waals surface area contributed by atoms with Crippen LogP contribution in [0.3, 0.4) is 0 Å². The van der Waals surface area contributed by atoms with E-state index in [-0.39, 0.29) is 65.3 Å². The number of phenols is 2. The summed E-state index contributed by atoms with van der Waals surface area (Å²) < 4.78 is 126. The van der Waals surface area contributed by atoms with Crippen LogP contribution in [0.5, 0.6) is 11.5 Å². The van der Waals surface area contributed by atoms with Gasteiger partial charge >= 0.3 is 6.03 Å². The van der Waals surface area contributed by atoms with E-state index in [0.717, 1.165) is 24.3 Å². The quantitative estimate of drug-likeness (QED) is 0.0763. The molecule has 0 spiro atoms. The Labute approximate surface area is 320 Å². The maximum Gasteiger partial charge on any atom is 0.323 e. The third-order valence-electron chi connectivity index (χ3n) is 8.54. The summed E-state index contributed by atoms with van der Waals surface area (Å²) in [6.07, 6.45) is 0. The Morgan fingerprint density at radius 1 is 0.500 bits per heavy atom. The fourth-order valence-corrected chi connectivity index (χ4v) is 9.65. The van der Waals surface area contributed by atoms with Crippen molar-refractivity contribution in [1.29, 1.82) is 0 Å². The van der Waals surface area contributed by atoms with Crippen LogP contribution in [0.4, 0.5) is 27.5 Å². The number of benzene rings is 6. The minimum absolute atomic E-state index is 0.00943. The number of anilines is 4. The van der Waals surface area contributed by atoms with E-state index in [1.54, 1.807) is 0 Å². The van der Waals surface area contributed by atoms with Crippen LogP contribution in [0.25, 0.3) is 21.5 Å². The molecule has 0 fully saturated rings. The highest BCUT2D eigenvalue weighted by Crippen LogP contribution is 2.38. The van der Waals surface area contributed by atoms with Crippen molar-refractivity contribution in [3.63, 3.8) is 0 Å². The molecule has 292 valence electrons. The van der Waals surface area contributed by atoms with Crippen molar-refractivity contribution in [2.45, 2.75) is 33.4 Å². The summed E-state index contributed by atoms with van der Waals surface area (Å²) in [5.74, 6) is -0.530. The second-order valence-electron chi connectivity index (χ2n) is 12.3. The van der Waals surface area contributed by atoms with E-state index in [4.69, 9.17) is 0 Å². The largest absolute Gasteiger partial charge is 0.507 e. The van der Waals surface area contributed by atoms with Crippen molar-refractivity contribution in [1.82, 2.24) is 0 Å². The van der Waals surface area contributed by atoms with Crippen molar-refractivity contribution in [2.75, 3.05) is 20.1 Å². The van der Waals surface area contributed by atoms with Gasteiger partial charge in [-0.2, -0.15) is 16.8 Å². The predicted octanol–water partition coefficient (Wildman–Crippen LogP) is 5.76. The van der Waals surface area contributed by atoms with Crippen molar-refractivity contribution >= 4 is 90.6 Å². The van der Waals surface area contributed by atoms with Crippen LogP contribution in [0, 0.1) is 13.8 Å². The van der Waals surface area contributed by atoms with Gasteiger partial charge in [0.15, 0.2) is 0 Å². The molecule has 0 heterocycles. The number of hydrogen-bond donors (Lipinski definition) is 8. The number of phenolic OH excluding ortho intramolecular Hbond substituents is 2. The van der Waals surface area contributed by atoms with E-state index >= 15 is 0 Å². The highest BCUT2D eigenvalue weighted by atomic mass is 32.2. The molecule has 8 N–H and O–H groups in total. The maximum atomic E-state index is 13.5. The Hall–Kier alpha value is -5.97. The number of rotatable bonds is 10. The SMILES string of the molecule is Cc1cc(S(=O)(=O)Nc2c(S(=O)(=O)O)ccc3c(O)cccc23)ccc1NC(=O)Nc1ccc(S(=O)(=O)Nc2c(S(=O)(=O)O)ccc3c(O)cccc23)cc1C. The van der Waals surface area contributed by atoms with Crippen LogP contribution in [-0.2, 0) is 40.3 Å². The Bertz CT molecular complexity index is 2880. The van der Waals surface area contributed by atoms with Gasteiger partial charge in [0.2, 0.25) is 0 Å². The minimum Gasteiger partial charge on any atom is -0.507 e. The number of sulfonamides is 2. The number of aryl methyl sites for hydroxylation is 2. The van der Waals surface area contributed by atoms with Crippen molar-refractivity contribution < 1.29 is 57.8 Å². The lowest BCUT2D eigenvalue weighted by Gasteiger charge is -2.17. The van der Waals surface area contributed by atoms with E-state index in [2.05, 4.69) is 20.1 Å². The molecule has 2 amide bonds. The zero-order chi connectivity index (χ0) is 41.0. The monoisotopic (exact) mass is 842 g/mol. The van der Waals surface area contributed by atoms with Gasteiger partial charge in [0, 0.05) is 32.9 Å². The average molecular weight is 843 g/mol. The van der Waals surface area contributed by atoms with Gasteiger partial charge in [-0.3, -0.25) is 18.5 Å². The molecule has 0 aliphatic heterocycles. The van der Waals surface area contributed by atoms with Gasteiger partial charge in [0.05, 0.1) is 21.2 Å². The molecular weight excluding hydrogens is 813 g/mol. The molecular formula is C35H30N4O13S4. The zero-order valence-corrected chi connectivity index (χ0v) is 32.1. The molecule has 0 radical (unpaired) electrons. The summed E-state index contributed by atoms with van der Waals surface area (Å²) >= 11 is 0. The van der Waals surface area contributed by atoms with Gasteiger partial charge in [-0.05, 0) is 97.8 Å². The molecule has 0 unspecified atom stereocenters. The smallest absolute Gasteiger partial charge is 0.323 e. The second-order valence-corrected chi connectivity index (χ2v) is 18.5. The number of aromatic hydroxyl groups is 2. The number of carbonyl (C=O) groups excluding carboxylic acids is 1. The molecule has 6 rings (SSSR count). The van der Waals surface area contributed by atoms with Crippen LogP contribution in [0.1, 0.15) is 11.1 Å². The molecule has 0 aliphatic rings. The Morgan fingerprint density at radius 3 is 1.21 bits per heavy atom. The molecule has 17 nitrogen and oxygen atoms in total. The highest BCUT2D eigenvalue weighted by molar-refractivity contribution is 7.93. The molecule has 0 saturated carbocycles. The first kappa shape index (κ1) is 39.7. The maximum absolute atomic E-state index is 13.5. The van der Waals surface area contributed by atoms with Gasteiger partial charge in [0.25, 0.3) is 40.3 Å². The molecule has 6 aromatic carbocycles. The molecule has 0 bridgehead atoms. The lowest BCUT2D eigenvalue weighted by Crippen LogP contribution is -2.21. The van der Waals surface area contributed by atoms with Gasteiger partial charge in [-0.15, -0.1) is 0 Å². The summed E-state index contributed by atoms with van der Waals surface area (Å²) in [5, 5.41) is 25.8. The fourth-order valence-electron chi connectivity index (χ4n) is 5.83. The van der Waals surface area contributed by atoms with E-state index in [1.165, 1.54) is 86.6 Å². The van der Waals surface area contributed by atoms with Crippen LogP contribution in [0.15, 0.2) is 117 Å². The van der Waals surface area contributed by atoms with Crippen LogP contribution in [-0.4, -0.2) is 59.0 Å². The van der Waals surface area contributed by atoms with Crippen molar-refractivity contribution in [3.05, 3.63) is 108 Å². The van der Waals surface area contributed by atoms with E-state index in [0.29, 0.717) is 0 Å². The summed E-state index contributed by atoms with van der Waals surface area (Å²) in [5.41, 5.74) is -0.171. The van der Waals surface area contributed by atoms with Crippen LogP contribution < -0.4 is 20.1 Å². The lowest BCUT2D eigenvalue weighted by atomic mass is 10.1. The van der Waals surface area contributed by atoms with E-state index in [1.807, 2.05) is 0 Å². The minimum atomic E-state index is -4.92. The first-order chi connectivity index (χ1) is 26.1. The van der Waals surface area contributed by atoms with Crippen molar-refractivity contribution in [3.8, 4) is 11.5 Å². The molecule has 0 aliphatic carbocycles. The summed E-state index contributed by atoms with van der Waals surface area (Å²) in [6.45, 7) is 2.97. The highest BCUT2D eigenvalue weighted by Gasteiger charge is 2.26. The first-order valence-electron chi connectivity index (χ1n) is 15.9. The number of urea groups is 1. The molecule has 0 atom stereocenters. The molecule has 6 aromatic rings. The van der Waals surface area contributed by atoms with E-state index in [9.17, 15) is 57.8 Å². The Balaban J connectivity index is 1.21. The number of hydrogen-bond acceptors (Lipinski definition) is 11. The number of fused-ring (bicyclic) bond motifs is 2. The van der Waals surface area contributed by atoms with Gasteiger partial charge in [-0.25, -0.2) is 21.6 Å².